The van der Waals surface area contributed by atoms with Gasteiger partial charge in [-0.3, -0.25) is 14.3 Å². The van der Waals surface area contributed by atoms with Crippen LogP contribution < -0.4 is 14.4 Å². The molecule has 1 aliphatic heterocycles. The Morgan fingerprint density at radius 3 is 2.17 bits per heavy atom. The van der Waals surface area contributed by atoms with Crippen molar-refractivity contribution in [1.82, 2.24) is 0 Å². The van der Waals surface area contributed by atoms with Crippen LogP contribution in [0.25, 0.3) is 0 Å². The second kappa shape index (κ2) is 7.92. The van der Waals surface area contributed by atoms with Crippen molar-refractivity contribution >= 4 is 39.2 Å². The smallest absolute Gasteiger partial charge is 0.337 e. The number of amides is 2. The average Bonchev–Trinajstić information content (AvgIpc) is 3.05. The summed E-state index contributed by atoms with van der Waals surface area (Å²) in [4.78, 5) is 36.4. The highest BCUT2D eigenvalue weighted by Crippen LogP contribution is 2.34. The van der Waals surface area contributed by atoms with Gasteiger partial charge in [-0.1, -0.05) is 0 Å². The third-order valence-electron chi connectivity index (χ3n) is 4.31. The molecule has 0 unspecified atom stereocenters. The lowest BCUT2D eigenvalue weighted by molar-refractivity contribution is -0.121. The Hall–Kier alpha value is -3.40. The first kappa shape index (κ1) is 20.3. The maximum absolute atomic E-state index is 12.8. The van der Waals surface area contributed by atoms with Gasteiger partial charge in [0.25, 0.3) is 10.0 Å². The molecule has 1 fully saturated rings. The van der Waals surface area contributed by atoms with Gasteiger partial charge in [-0.05, 0) is 42.5 Å². The number of sulfonamides is 1. The monoisotopic (exact) mass is 418 g/mol. The van der Waals surface area contributed by atoms with Crippen LogP contribution in [0.3, 0.4) is 0 Å². The second-order valence-electron chi connectivity index (χ2n) is 6.13. The standard InChI is InChI=1S/C19H18N2O7S/c1-27-16-8-7-14(11-15(16)21-17(22)9-10-18(21)23)29(25,26)20-13-5-3-12(4-6-13)19(24)28-2/h3-8,11,20H,9-10H2,1-2H3. The number of hydrogen-bond donors (Lipinski definition) is 1. The Morgan fingerprint density at radius 2 is 1.62 bits per heavy atom. The van der Waals surface area contributed by atoms with Gasteiger partial charge in [0.05, 0.1) is 30.4 Å². The number of benzene rings is 2. The van der Waals surface area contributed by atoms with E-state index in [1.54, 1.807) is 0 Å². The number of carbonyl (C=O) groups is 3. The van der Waals surface area contributed by atoms with Crippen LogP contribution >= 0.6 is 0 Å². The molecule has 0 atom stereocenters. The molecule has 29 heavy (non-hydrogen) atoms. The summed E-state index contributed by atoms with van der Waals surface area (Å²) in [7, 11) is -1.43. The Labute approximate surface area is 167 Å². The summed E-state index contributed by atoms with van der Waals surface area (Å²) in [6, 6.07) is 9.58. The number of anilines is 2. The Morgan fingerprint density at radius 1 is 1.00 bits per heavy atom. The fraction of sp³-hybridized carbons (Fsp3) is 0.211. The highest BCUT2D eigenvalue weighted by atomic mass is 32.2. The SMILES string of the molecule is COC(=O)c1ccc(NS(=O)(=O)c2ccc(OC)c(N3C(=O)CCC3=O)c2)cc1. The molecule has 1 aliphatic rings. The van der Waals surface area contributed by atoms with Gasteiger partial charge in [0, 0.05) is 18.5 Å². The zero-order valence-corrected chi connectivity index (χ0v) is 16.5. The van der Waals surface area contributed by atoms with Crippen LogP contribution in [0.1, 0.15) is 23.2 Å². The van der Waals surface area contributed by atoms with Crippen molar-refractivity contribution in [2.24, 2.45) is 0 Å². The fourth-order valence-corrected chi connectivity index (χ4v) is 3.94. The molecule has 10 heteroatoms. The van der Waals surface area contributed by atoms with Crippen LogP contribution in [-0.4, -0.2) is 40.4 Å². The van der Waals surface area contributed by atoms with Gasteiger partial charge < -0.3 is 9.47 Å². The molecule has 9 nitrogen and oxygen atoms in total. The zero-order chi connectivity index (χ0) is 21.2. The average molecular weight is 418 g/mol. The maximum atomic E-state index is 12.8. The summed E-state index contributed by atoms with van der Waals surface area (Å²) in [5.74, 6) is -1.18. The number of rotatable bonds is 6. The van der Waals surface area contributed by atoms with E-state index in [1.807, 2.05) is 0 Å². The number of hydrogen-bond acceptors (Lipinski definition) is 7. The summed E-state index contributed by atoms with van der Waals surface area (Å²) in [5.41, 5.74) is 0.570. The van der Waals surface area contributed by atoms with Gasteiger partial charge in [0.2, 0.25) is 11.8 Å². The van der Waals surface area contributed by atoms with Crippen molar-refractivity contribution in [1.29, 1.82) is 0 Å². The highest BCUT2D eigenvalue weighted by molar-refractivity contribution is 7.92. The molecular weight excluding hydrogens is 400 g/mol. The number of ether oxygens (including phenoxy) is 2. The topological polar surface area (TPSA) is 119 Å². The molecule has 2 amide bonds. The molecule has 152 valence electrons. The molecule has 1 N–H and O–H groups in total. The molecule has 2 aromatic carbocycles. The minimum atomic E-state index is -4.03. The summed E-state index contributed by atoms with van der Waals surface area (Å²) in [6.45, 7) is 0. The lowest BCUT2D eigenvalue weighted by atomic mass is 10.2. The molecule has 0 bridgehead atoms. The first-order valence-corrected chi connectivity index (χ1v) is 10.00. The first-order chi connectivity index (χ1) is 13.8. The zero-order valence-electron chi connectivity index (χ0n) is 15.7. The third-order valence-corrected chi connectivity index (χ3v) is 5.69. The fourth-order valence-electron chi connectivity index (χ4n) is 2.86. The molecule has 0 aromatic heterocycles. The van der Waals surface area contributed by atoms with E-state index in [0.717, 1.165) is 4.90 Å². The predicted octanol–water partition coefficient (Wildman–Crippen LogP) is 1.94. The first-order valence-electron chi connectivity index (χ1n) is 8.52. The normalized spacial score (nSPS) is 14.1. The number of nitrogens with one attached hydrogen (secondary N) is 1. The highest BCUT2D eigenvalue weighted by Gasteiger charge is 2.33. The van der Waals surface area contributed by atoms with Crippen molar-refractivity contribution in [3.05, 3.63) is 48.0 Å². The van der Waals surface area contributed by atoms with Gasteiger partial charge in [0.15, 0.2) is 0 Å². The second-order valence-corrected chi connectivity index (χ2v) is 7.81. The summed E-state index contributed by atoms with van der Waals surface area (Å²) in [5, 5.41) is 0. The Balaban J connectivity index is 1.93. The molecule has 0 aliphatic carbocycles. The van der Waals surface area contributed by atoms with E-state index in [9.17, 15) is 22.8 Å². The number of imide groups is 1. The van der Waals surface area contributed by atoms with Crippen LogP contribution in [0.2, 0.25) is 0 Å². The third kappa shape index (κ3) is 4.06. The van der Waals surface area contributed by atoms with Gasteiger partial charge in [-0.2, -0.15) is 0 Å². The number of methoxy groups -OCH3 is 2. The summed E-state index contributed by atoms with van der Waals surface area (Å²) in [6.07, 6.45) is 0.119. The van der Waals surface area contributed by atoms with Crippen LogP contribution in [0, 0.1) is 0 Å². The molecule has 1 saturated heterocycles. The minimum absolute atomic E-state index is 0.0593. The Bertz CT molecular complexity index is 1060. The van der Waals surface area contributed by atoms with Crippen molar-refractivity contribution in [2.45, 2.75) is 17.7 Å². The van der Waals surface area contributed by atoms with Crippen LogP contribution in [0.15, 0.2) is 47.4 Å². The molecule has 0 radical (unpaired) electrons. The van der Waals surface area contributed by atoms with Gasteiger partial charge in [0.1, 0.15) is 5.75 Å². The molecule has 0 spiro atoms. The van der Waals surface area contributed by atoms with Crippen molar-refractivity contribution in [2.75, 3.05) is 23.8 Å². The van der Waals surface area contributed by atoms with Crippen LogP contribution in [0.4, 0.5) is 11.4 Å². The molecule has 0 saturated carbocycles. The van der Waals surface area contributed by atoms with E-state index in [2.05, 4.69) is 9.46 Å². The minimum Gasteiger partial charge on any atom is -0.495 e. The van der Waals surface area contributed by atoms with Crippen LogP contribution in [-0.2, 0) is 24.3 Å². The van der Waals surface area contributed by atoms with E-state index in [4.69, 9.17) is 4.74 Å². The van der Waals surface area contributed by atoms with Crippen LogP contribution in [0.5, 0.6) is 5.75 Å². The largest absolute Gasteiger partial charge is 0.495 e. The number of nitrogens with zero attached hydrogens (tertiary/aromatic N) is 1. The summed E-state index contributed by atoms with van der Waals surface area (Å²) < 4.78 is 37.7. The number of carbonyl (C=O) groups excluding carboxylic acids is 3. The van der Waals surface area contributed by atoms with Crippen molar-refractivity contribution in [3.63, 3.8) is 0 Å². The quantitative estimate of drug-likeness (QED) is 0.562. The van der Waals surface area contributed by atoms with E-state index < -0.39 is 27.8 Å². The number of esters is 1. The predicted molar refractivity (Wildman–Crippen MR) is 103 cm³/mol. The molecular formula is C19H18N2O7S. The summed E-state index contributed by atoms with van der Waals surface area (Å²) >= 11 is 0. The molecule has 1 heterocycles. The van der Waals surface area contributed by atoms with E-state index >= 15 is 0 Å². The van der Waals surface area contributed by atoms with E-state index in [0.29, 0.717) is 0 Å². The Kier molecular flexibility index (Phi) is 5.55. The van der Waals surface area contributed by atoms with E-state index in [-0.39, 0.29) is 40.4 Å². The molecule has 3 rings (SSSR count). The van der Waals surface area contributed by atoms with Crippen molar-refractivity contribution in [3.8, 4) is 5.75 Å². The van der Waals surface area contributed by atoms with Gasteiger partial charge >= 0.3 is 5.97 Å². The maximum Gasteiger partial charge on any atom is 0.337 e. The lowest BCUT2D eigenvalue weighted by Crippen LogP contribution is -2.29. The van der Waals surface area contributed by atoms with E-state index in [1.165, 1.54) is 56.7 Å². The van der Waals surface area contributed by atoms with Crippen molar-refractivity contribution < 1.29 is 32.3 Å². The lowest BCUT2D eigenvalue weighted by Gasteiger charge is -2.18. The van der Waals surface area contributed by atoms with Gasteiger partial charge in [-0.25, -0.2) is 18.1 Å². The molecule has 2 aromatic rings. The van der Waals surface area contributed by atoms with Gasteiger partial charge in [-0.15, -0.1) is 0 Å².